The molecule has 0 amide bonds. The second kappa shape index (κ2) is 5.21. The normalized spacial score (nSPS) is 17.4. The van der Waals surface area contributed by atoms with Crippen molar-refractivity contribution in [1.82, 2.24) is 15.3 Å². The van der Waals surface area contributed by atoms with Crippen LogP contribution in [0.3, 0.4) is 0 Å². The van der Waals surface area contributed by atoms with Crippen molar-refractivity contribution < 1.29 is 4.39 Å². The van der Waals surface area contributed by atoms with E-state index in [-0.39, 0.29) is 5.82 Å². The van der Waals surface area contributed by atoms with Crippen molar-refractivity contribution in [3.63, 3.8) is 0 Å². The summed E-state index contributed by atoms with van der Waals surface area (Å²) in [7, 11) is 1.95. The van der Waals surface area contributed by atoms with Gasteiger partial charge in [-0.25, -0.2) is 14.4 Å². The van der Waals surface area contributed by atoms with Crippen molar-refractivity contribution in [2.75, 3.05) is 31.6 Å². The summed E-state index contributed by atoms with van der Waals surface area (Å²) < 4.78 is 12.7. The van der Waals surface area contributed by atoms with Crippen LogP contribution in [0.15, 0.2) is 12.4 Å². The van der Waals surface area contributed by atoms with Gasteiger partial charge in [-0.15, -0.1) is 0 Å². The third-order valence-electron chi connectivity index (χ3n) is 2.94. The van der Waals surface area contributed by atoms with Gasteiger partial charge >= 0.3 is 0 Å². The van der Waals surface area contributed by atoms with Gasteiger partial charge in [0.25, 0.3) is 0 Å². The quantitative estimate of drug-likeness (QED) is 0.833. The molecule has 1 aliphatic rings. The Balaban J connectivity index is 1.91. The lowest BCUT2D eigenvalue weighted by molar-refractivity contribution is 0.376. The molecule has 1 N–H and O–H groups in total. The van der Waals surface area contributed by atoms with E-state index in [9.17, 15) is 4.39 Å². The van der Waals surface area contributed by atoms with Gasteiger partial charge in [0.2, 0.25) is 5.95 Å². The van der Waals surface area contributed by atoms with Gasteiger partial charge in [-0.3, -0.25) is 0 Å². The Labute approximate surface area is 94.9 Å². The first-order valence-corrected chi connectivity index (χ1v) is 5.65. The third-order valence-corrected chi connectivity index (χ3v) is 2.94. The second-order valence-electron chi connectivity index (χ2n) is 4.28. The summed E-state index contributed by atoms with van der Waals surface area (Å²) in [5.74, 6) is 0.888. The number of piperidine rings is 1. The molecule has 1 aromatic rings. The summed E-state index contributed by atoms with van der Waals surface area (Å²) in [4.78, 5) is 9.93. The predicted octanol–water partition coefficient (Wildman–Crippen LogP) is 1.05. The monoisotopic (exact) mass is 224 g/mol. The molecule has 0 radical (unpaired) electrons. The number of hydrogen-bond donors (Lipinski definition) is 1. The van der Waals surface area contributed by atoms with E-state index in [1.165, 1.54) is 25.2 Å². The molecule has 0 bridgehead atoms. The molecule has 0 unspecified atom stereocenters. The molecule has 1 saturated heterocycles. The van der Waals surface area contributed by atoms with E-state index in [1.54, 1.807) is 0 Å². The molecule has 16 heavy (non-hydrogen) atoms. The van der Waals surface area contributed by atoms with Crippen molar-refractivity contribution in [2.24, 2.45) is 5.92 Å². The van der Waals surface area contributed by atoms with Crippen molar-refractivity contribution in [3.8, 4) is 0 Å². The molecule has 0 spiro atoms. The SMILES string of the molecule is CN(CC1CCNCC1)c1ncc(F)cn1. The molecule has 0 aliphatic carbocycles. The number of rotatable bonds is 3. The van der Waals surface area contributed by atoms with Crippen LogP contribution >= 0.6 is 0 Å². The van der Waals surface area contributed by atoms with Crippen LogP contribution in [0.4, 0.5) is 10.3 Å². The maximum atomic E-state index is 12.7. The lowest BCUT2D eigenvalue weighted by atomic mass is 9.98. The summed E-state index contributed by atoms with van der Waals surface area (Å²) >= 11 is 0. The van der Waals surface area contributed by atoms with E-state index in [4.69, 9.17) is 0 Å². The minimum absolute atomic E-state index is 0.390. The van der Waals surface area contributed by atoms with E-state index in [1.807, 2.05) is 11.9 Å². The number of anilines is 1. The van der Waals surface area contributed by atoms with Crippen molar-refractivity contribution in [1.29, 1.82) is 0 Å². The third kappa shape index (κ3) is 2.88. The zero-order valence-electron chi connectivity index (χ0n) is 9.49. The molecule has 0 aromatic carbocycles. The van der Waals surface area contributed by atoms with Crippen LogP contribution in [-0.2, 0) is 0 Å². The number of halogens is 1. The van der Waals surface area contributed by atoms with Gasteiger partial charge in [0.1, 0.15) is 0 Å². The van der Waals surface area contributed by atoms with E-state index >= 15 is 0 Å². The smallest absolute Gasteiger partial charge is 0.225 e. The van der Waals surface area contributed by atoms with Crippen molar-refractivity contribution in [3.05, 3.63) is 18.2 Å². The first kappa shape index (κ1) is 11.3. The molecule has 4 nitrogen and oxygen atoms in total. The van der Waals surface area contributed by atoms with Crippen LogP contribution in [0.5, 0.6) is 0 Å². The first-order chi connectivity index (χ1) is 7.75. The fourth-order valence-corrected chi connectivity index (χ4v) is 2.04. The molecule has 2 rings (SSSR count). The average molecular weight is 224 g/mol. The molecule has 1 aromatic heterocycles. The Bertz CT molecular complexity index is 321. The average Bonchev–Trinajstić information content (AvgIpc) is 2.31. The van der Waals surface area contributed by atoms with Crippen LogP contribution in [0.1, 0.15) is 12.8 Å². The number of aromatic nitrogens is 2. The Hall–Kier alpha value is -1.23. The lowest BCUT2D eigenvalue weighted by Gasteiger charge is -2.27. The van der Waals surface area contributed by atoms with E-state index in [2.05, 4.69) is 15.3 Å². The minimum atomic E-state index is -0.390. The summed E-state index contributed by atoms with van der Waals surface area (Å²) in [5.41, 5.74) is 0. The summed E-state index contributed by atoms with van der Waals surface area (Å²) in [5, 5.41) is 3.34. The highest BCUT2D eigenvalue weighted by atomic mass is 19.1. The lowest BCUT2D eigenvalue weighted by Crippen LogP contribution is -2.35. The van der Waals surface area contributed by atoms with E-state index in [0.717, 1.165) is 19.6 Å². The van der Waals surface area contributed by atoms with Gasteiger partial charge in [-0.2, -0.15) is 0 Å². The van der Waals surface area contributed by atoms with Crippen molar-refractivity contribution in [2.45, 2.75) is 12.8 Å². The Morgan fingerprint density at radius 1 is 1.38 bits per heavy atom. The van der Waals surface area contributed by atoms with Gasteiger partial charge in [0.15, 0.2) is 5.82 Å². The number of nitrogens with one attached hydrogen (secondary N) is 1. The molecule has 1 aliphatic heterocycles. The highest BCUT2D eigenvalue weighted by molar-refractivity contribution is 5.26. The molecule has 88 valence electrons. The van der Waals surface area contributed by atoms with Crippen LogP contribution in [-0.4, -0.2) is 36.6 Å². The largest absolute Gasteiger partial charge is 0.344 e. The van der Waals surface area contributed by atoms with Crippen LogP contribution < -0.4 is 10.2 Å². The fraction of sp³-hybridized carbons (Fsp3) is 0.636. The van der Waals surface area contributed by atoms with Gasteiger partial charge in [-0.1, -0.05) is 0 Å². The molecule has 0 atom stereocenters. The highest BCUT2D eigenvalue weighted by Crippen LogP contribution is 2.15. The zero-order valence-corrected chi connectivity index (χ0v) is 9.49. The topological polar surface area (TPSA) is 41.0 Å². The highest BCUT2D eigenvalue weighted by Gasteiger charge is 2.16. The van der Waals surface area contributed by atoms with Crippen molar-refractivity contribution >= 4 is 5.95 Å². The fourth-order valence-electron chi connectivity index (χ4n) is 2.04. The summed E-state index contributed by atoms with van der Waals surface area (Å²) in [6.45, 7) is 3.11. The van der Waals surface area contributed by atoms with Gasteiger partial charge < -0.3 is 10.2 Å². The second-order valence-corrected chi connectivity index (χ2v) is 4.28. The Morgan fingerprint density at radius 2 is 2.00 bits per heavy atom. The molecular weight excluding hydrogens is 207 g/mol. The summed E-state index contributed by atoms with van der Waals surface area (Å²) in [6, 6.07) is 0. The molecule has 2 heterocycles. The van der Waals surface area contributed by atoms with Gasteiger partial charge in [0.05, 0.1) is 12.4 Å². The van der Waals surface area contributed by atoms with Crippen LogP contribution in [0.2, 0.25) is 0 Å². The molecule has 0 saturated carbocycles. The predicted molar refractivity (Wildman–Crippen MR) is 60.9 cm³/mol. The summed E-state index contributed by atoms with van der Waals surface area (Å²) in [6.07, 6.45) is 4.79. The number of hydrogen-bond acceptors (Lipinski definition) is 4. The Kier molecular flexibility index (Phi) is 3.66. The molecule has 5 heteroatoms. The molecule has 1 fully saturated rings. The van der Waals surface area contributed by atoms with E-state index in [0.29, 0.717) is 11.9 Å². The van der Waals surface area contributed by atoms with Gasteiger partial charge in [0, 0.05) is 13.6 Å². The standard InChI is InChI=1S/C11H17FN4/c1-16(8-9-2-4-13-5-3-9)11-14-6-10(12)7-15-11/h6-7,9,13H,2-5,8H2,1H3. The minimum Gasteiger partial charge on any atom is -0.344 e. The maximum Gasteiger partial charge on any atom is 0.225 e. The Morgan fingerprint density at radius 3 is 2.62 bits per heavy atom. The van der Waals surface area contributed by atoms with Gasteiger partial charge in [-0.05, 0) is 31.8 Å². The van der Waals surface area contributed by atoms with Crippen LogP contribution in [0.25, 0.3) is 0 Å². The maximum absolute atomic E-state index is 12.7. The van der Waals surface area contributed by atoms with E-state index < -0.39 is 0 Å². The number of nitrogens with zero attached hydrogens (tertiary/aromatic N) is 3. The first-order valence-electron chi connectivity index (χ1n) is 5.65. The van der Waals surface area contributed by atoms with Crippen LogP contribution in [0, 0.1) is 11.7 Å². The zero-order chi connectivity index (χ0) is 11.4. The molecular formula is C11H17FN4.